The Morgan fingerprint density at radius 2 is 1.93 bits per heavy atom. The second-order valence-corrected chi connectivity index (χ2v) is 4.50. The molecule has 2 heteroatoms. The average molecular weight is 208 g/mol. The first-order valence-electron chi connectivity index (χ1n) is 6.25. The van der Waals surface area contributed by atoms with Crippen molar-refractivity contribution >= 4 is 0 Å². The first-order valence-corrected chi connectivity index (χ1v) is 6.25. The zero-order valence-corrected chi connectivity index (χ0v) is 9.67. The maximum atomic E-state index is 5.82. The molecular formula is C13H24N2. The summed E-state index contributed by atoms with van der Waals surface area (Å²) in [4.78, 5) is 0. The number of nitrogens with two attached hydrogens (primary N) is 1. The maximum Gasteiger partial charge on any atom is 0.0218 e. The van der Waals surface area contributed by atoms with Gasteiger partial charge in [-0.15, -0.1) is 12.3 Å². The van der Waals surface area contributed by atoms with E-state index in [-0.39, 0.29) is 0 Å². The predicted molar refractivity (Wildman–Crippen MR) is 65.5 cm³/mol. The van der Waals surface area contributed by atoms with Crippen molar-refractivity contribution in [1.82, 2.24) is 5.32 Å². The van der Waals surface area contributed by atoms with Crippen LogP contribution in [-0.2, 0) is 0 Å². The molecule has 0 spiro atoms. The highest BCUT2D eigenvalue weighted by Gasteiger charge is 2.20. The minimum Gasteiger partial charge on any atom is -0.329 e. The molecule has 1 atom stereocenters. The lowest BCUT2D eigenvalue weighted by atomic mass is 9.92. The van der Waals surface area contributed by atoms with Crippen molar-refractivity contribution in [2.45, 2.75) is 51.0 Å². The van der Waals surface area contributed by atoms with Gasteiger partial charge in [0.15, 0.2) is 0 Å². The summed E-state index contributed by atoms with van der Waals surface area (Å²) < 4.78 is 0. The molecule has 1 rings (SSSR count). The number of terminal acetylenes is 1. The molecule has 1 aliphatic rings. The molecule has 0 bridgehead atoms. The van der Waals surface area contributed by atoms with Gasteiger partial charge in [-0.3, -0.25) is 0 Å². The quantitative estimate of drug-likeness (QED) is 0.411. The Morgan fingerprint density at radius 3 is 2.47 bits per heavy atom. The largest absolute Gasteiger partial charge is 0.329 e. The average Bonchev–Trinajstić information content (AvgIpc) is 2.53. The molecule has 1 unspecified atom stereocenters. The van der Waals surface area contributed by atoms with E-state index in [0.29, 0.717) is 6.04 Å². The van der Waals surface area contributed by atoms with Crippen LogP contribution in [0.1, 0.15) is 44.9 Å². The standard InChI is InChI=1S/C13H24N2/c1-2-3-10-15-13(11-14)12-8-6-4-5-7-9-12/h1,12-13,15H,3-11,14H2. The van der Waals surface area contributed by atoms with Crippen LogP contribution in [0.4, 0.5) is 0 Å². The van der Waals surface area contributed by atoms with Crippen molar-refractivity contribution < 1.29 is 0 Å². The van der Waals surface area contributed by atoms with Crippen LogP contribution in [0.25, 0.3) is 0 Å². The van der Waals surface area contributed by atoms with Gasteiger partial charge in [0, 0.05) is 25.6 Å². The van der Waals surface area contributed by atoms with Crippen molar-refractivity contribution in [3.8, 4) is 12.3 Å². The third-order valence-electron chi connectivity index (χ3n) is 3.40. The molecule has 0 aromatic carbocycles. The molecule has 3 N–H and O–H groups in total. The van der Waals surface area contributed by atoms with Gasteiger partial charge in [-0.1, -0.05) is 25.7 Å². The van der Waals surface area contributed by atoms with Gasteiger partial charge in [-0.05, 0) is 18.8 Å². The van der Waals surface area contributed by atoms with Crippen LogP contribution in [-0.4, -0.2) is 19.1 Å². The van der Waals surface area contributed by atoms with Gasteiger partial charge in [0.1, 0.15) is 0 Å². The van der Waals surface area contributed by atoms with E-state index < -0.39 is 0 Å². The Bertz CT molecular complexity index is 187. The first-order chi connectivity index (χ1) is 7.38. The molecular weight excluding hydrogens is 184 g/mol. The molecule has 2 nitrogen and oxygen atoms in total. The Hall–Kier alpha value is -0.520. The molecule has 0 amide bonds. The van der Waals surface area contributed by atoms with Crippen LogP contribution in [0.15, 0.2) is 0 Å². The smallest absolute Gasteiger partial charge is 0.0218 e. The Labute approximate surface area is 94.0 Å². The van der Waals surface area contributed by atoms with E-state index in [9.17, 15) is 0 Å². The van der Waals surface area contributed by atoms with Gasteiger partial charge in [-0.25, -0.2) is 0 Å². The summed E-state index contributed by atoms with van der Waals surface area (Å²) in [7, 11) is 0. The minimum absolute atomic E-state index is 0.483. The fourth-order valence-corrected chi connectivity index (χ4v) is 2.49. The molecule has 0 heterocycles. The lowest BCUT2D eigenvalue weighted by molar-refractivity contribution is 0.327. The summed E-state index contributed by atoms with van der Waals surface area (Å²) in [5.74, 6) is 3.43. The second-order valence-electron chi connectivity index (χ2n) is 4.50. The Morgan fingerprint density at radius 1 is 1.27 bits per heavy atom. The number of nitrogens with one attached hydrogen (secondary N) is 1. The monoisotopic (exact) mass is 208 g/mol. The van der Waals surface area contributed by atoms with Gasteiger partial charge in [-0.2, -0.15) is 0 Å². The Kier molecular flexibility index (Phi) is 6.47. The van der Waals surface area contributed by atoms with Gasteiger partial charge < -0.3 is 11.1 Å². The summed E-state index contributed by atoms with van der Waals surface area (Å²) in [6.07, 6.45) is 14.3. The fourth-order valence-electron chi connectivity index (χ4n) is 2.49. The zero-order valence-electron chi connectivity index (χ0n) is 9.67. The van der Waals surface area contributed by atoms with Crippen molar-refractivity contribution in [1.29, 1.82) is 0 Å². The minimum atomic E-state index is 0.483. The zero-order chi connectivity index (χ0) is 10.9. The van der Waals surface area contributed by atoms with E-state index in [2.05, 4.69) is 11.2 Å². The molecule has 15 heavy (non-hydrogen) atoms. The molecule has 0 radical (unpaired) electrons. The highest BCUT2D eigenvalue weighted by atomic mass is 14.9. The van der Waals surface area contributed by atoms with Crippen molar-refractivity contribution in [2.24, 2.45) is 11.7 Å². The lowest BCUT2D eigenvalue weighted by Crippen LogP contribution is -2.42. The molecule has 1 aliphatic carbocycles. The van der Waals surface area contributed by atoms with Gasteiger partial charge >= 0.3 is 0 Å². The van der Waals surface area contributed by atoms with Crippen LogP contribution in [0.3, 0.4) is 0 Å². The van der Waals surface area contributed by atoms with Crippen LogP contribution >= 0.6 is 0 Å². The van der Waals surface area contributed by atoms with Crippen LogP contribution in [0.2, 0.25) is 0 Å². The van der Waals surface area contributed by atoms with Crippen molar-refractivity contribution in [3.05, 3.63) is 0 Å². The van der Waals surface area contributed by atoms with Crippen molar-refractivity contribution in [2.75, 3.05) is 13.1 Å². The topological polar surface area (TPSA) is 38.0 Å². The summed E-state index contributed by atoms with van der Waals surface area (Å²) in [6.45, 7) is 1.66. The molecule has 86 valence electrons. The van der Waals surface area contributed by atoms with Crippen LogP contribution < -0.4 is 11.1 Å². The van der Waals surface area contributed by atoms with Crippen LogP contribution in [0.5, 0.6) is 0 Å². The van der Waals surface area contributed by atoms with E-state index in [1.165, 1.54) is 38.5 Å². The van der Waals surface area contributed by atoms with E-state index in [1.807, 2.05) is 0 Å². The number of rotatable bonds is 5. The second kappa shape index (κ2) is 7.73. The summed E-state index contributed by atoms with van der Waals surface area (Å²) in [6, 6.07) is 0.483. The predicted octanol–water partition coefficient (Wildman–Crippen LogP) is 1.90. The van der Waals surface area contributed by atoms with E-state index in [0.717, 1.165) is 25.4 Å². The Balaban J connectivity index is 2.31. The third-order valence-corrected chi connectivity index (χ3v) is 3.40. The molecule has 1 fully saturated rings. The first kappa shape index (κ1) is 12.5. The molecule has 0 aromatic rings. The summed E-state index contributed by atoms with van der Waals surface area (Å²) >= 11 is 0. The maximum absolute atomic E-state index is 5.82. The SMILES string of the molecule is C#CCCNC(CN)C1CCCCCC1. The summed E-state index contributed by atoms with van der Waals surface area (Å²) in [5, 5.41) is 3.50. The highest BCUT2D eigenvalue weighted by molar-refractivity contribution is 4.86. The van der Waals surface area contributed by atoms with Gasteiger partial charge in [0.25, 0.3) is 0 Å². The van der Waals surface area contributed by atoms with Gasteiger partial charge in [0.2, 0.25) is 0 Å². The molecule has 0 saturated heterocycles. The fraction of sp³-hybridized carbons (Fsp3) is 0.846. The van der Waals surface area contributed by atoms with Crippen LogP contribution in [0, 0.1) is 18.3 Å². The molecule has 0 aliphatic heterocycles. The highest BCUT2D eigenvalue weighted by Crippen LogP contribution is 2.25. The normalized spacial score (nSPS) is 20.5. The molecule has 1 saturated carbocycles. The van der Waals surface area contributed by atoms with E-state index in [4.69, 9.17) is 12.2 Å². The van der Waals surface area contributed by atoms with Gasteiger partial charge in [0.05, 0.1) is 0 Å². The van der Waals surface area contributed by atoms with E-state index >= 15 is 0 Å². The summed E-state index contributed by atoms with van der Waals surface area (Å²) in [5.41, 5.74) is 5.82. The number of hydrogen-bond donors (Lipinski definition) is 2. The third kappa shape index (κ3) is 4.68. The molecule has 0 aromatic heterocycles. The van der Waals surface area contributed by atoms with E-state index in [1.54, 1.807) is 0 Å². The lowest BCUT2D eigenvalue weighted by Gasteiger charge is -2.25. The number of hydrogen-bond acceptors (Lipinski definition) is 2. The van der Waals surface area contributed by atoms with Crippen molar-refractivity contribution in [3.63, 3.8) is 0 Å².